The first-order valence-corrected chi connectivity index (χ1v) is 7.31. The Balaban J connectivity index is 3.59. The average Bonchev–Trinajstić information content (AvgIpc) is 2.25. The topological polar surface area (TPSA) is 52.0 Å². The molecule has 0 amide bonds. The molecular weight excluding hydrogens is 224 g/mol. The molecule has 2 nitrogen and oxygen atoms in total. The van der Waals surface area contributed by atoms with Gasteiger partial charge in [0.1, 0.15) is 0 Å². The minimum atomic E-state index is 0.842. The van der Waals surface area contributed by atoms with Gasteiger partial charge in [-0.05, 0) is 37.0 Å². The van der Waals surface area contributed by atoms with Crippen molar-refractivity contribution >= 4 is 34.9 Å². The van der Waals surface area contributed by atoms with E-state index in [0.29, 0.717) is 0 Å². The molecule has 0 aromatic heterocycles. The van der Waals surface area contributed by atoms with Crippen LogP contribution in [0.25, 0.3) is 0 Å². The first kappa shape index (κ1) is 12.6. The highest BCUT2D eigenvalue weighted by Crippen LogP contribution is 2.41. The summed E-state index contributed by atoms with van der Waals surface area (Å²) in [6, 6.07) is 0. The molecular formula is C11H18N2S2. The van der Waals surface area contributed by atoms with Crippen molar-refractivity contribution < 1.29 is 0 Å². The molecule has 84 valence electrons. The van der Waals surface area contributed by atoms with Gasteiger partial charge < -0.3 is 11.5 Å². The Labute approximate surface area is 100 Å². The summed E-state index contributed by atoms with van der Waals surface area (Å²) in [4.78, 5) is 2.38. The van der Waals surface area contributed by atoms with E-state index in [4.69, 9.17) is 11.5 Å². The summed E-state index contributed by atoms with van der Waals surface area (Å²) in [6.45, 7) is 4.13. The Morgan fingerprint density at radius 1 is 1.00 bits per heavy atom. The Hall–Kier alpha value is -0.480. The largest absolute Gasteiger partial charge is 0.398 e. The van der Waals surface area contributed by atoms with Gasteiger partial charge in [-0.25, -0.2) is 0 Å². The number of thioether (sulfide) groups is 2. The molecule has 0 radical (unpaired) electrons. The minimum absolute atomic E-state index is 0.842. The molecule has 0 fully saturated rings. The van der Waals surface area contributed by atoms with Crippen molar-refractivity contribution in [3.05, 3.63) is 11.1 Å². The lowest BCUT2D eigenvalue weighted by molar-refractivity contribution is 1.03. The zero-order valence-corrected chi connectivity index (χ0v) is 11.3. The van der Waals surface area contributed by atoms with Crippen LogP contribution in [0.4, 0.5) is 11.4 Å². The molecule has 0 saturated heterocycles. The van der Waals surface area contributed by atoms with Gasteiger partial charge in [0, 0.05) is 9.79 Å². The number of rotatable bonds is 3. The molecule has 0 spiro atoms. The second kappa shape index (κ2) is 5.03. The fourth-order valence-corrected chi connectivity index (χ4v) is 3.50. The van der Waals surface area contributed by atoms with Crippen LogP contribution < -0.4 is 11.5 Å². The van der Waals surface area contributed by atoms with Gasteiger partial charge >= 0.3 is 0 Å². The van der Waals surface area contributed by atoms with E-state index in [0.717, 1.165) is 23.4 Å². The lowest BCUT2D eigenvalue weighted by Crippen LogP contribution is -2.04. The van der Waals surface area contributed by atoms with Crippen molar-refractivity contribution in [2.75, 3.05) is 24.0 Å². The van der Waals surface area contributed by atoms with Crippen molar-refractivity contribution in [3.8, 4) is 0 Å². The van der Waals surface area contributed by atoms with Crippen molar-refractivity contribution in [1.82, 2.24) is 0 Å². The van der Waals surface area contributed by atoms with Crippen molar-refractivity contribution in [2.45, 2.75) is 30.1 Å². The predicted molar refractivity (Wildman–Crippen MR) is 72.9 cm³/mol. The zero-order valence-electron chi connectivity index (χ0n) is 9.68. The van der Waals surface area contributed by atoms with Gasteiger partial charge in [0.2, 0.25) is 0 Å². The molecule has 1 rings (SSSR count). The van der Waals surface area contributed by atoms with E-state index in [1.165, 1.54) is 15.4 Å². The summed E-state index contributed by atoms with van der Waals surface area (Å²) in [7, 11) is 0. The summed E-state index contributed by atoms with van der Waals surface area (Å²) < 4.78 is 0. The summed E-state index contributed by atoms with van der Waals surface area (Å²) in [5.74, 6) is 0. The Kier molecular flexibility index (Phi) is 4.22. The third-order valence-corrected chi connectivity index (χ3v) is 4.36. The van der Waals surface area contributed by atoms with Gasteiger partial charge in [0.25, 0.3) is 0 Å². The second-order valence-corrected chi connectivity index (χ2v) is 4.98. The summed E-state index contributed by atoms with van der Waals surface area (Å²) >= 11 is 3.41. The van der Waals surface area contributed by atoms with Gasteiger partial charge in [0.05, 0.1) is 11.4 Å². The van der Waals surface area contributed by atoms with Gasteiger partial charge in [0.15, 0.2) is 0 Å². The Bertz CT molecular complexity index is 344. The van der Waals surface area contributed by atoms with Gasteiger partial charge in [-0.1, -0.05) is 6.92 Å². The van der Waals surface area contributed by atoms with E-state index in [1.54, 1.807) is 23.5 Å². The smallest absolute Gasteiger partial charge is 0.0506 e. The standard InChI is InChI=1S/C11H18N2S2/c1-5-7-10(14-3)8(12)6(2)9(13)11(7)15-4/h5,12-13H2,1-4H3. The highest BCUT2D eigenvalue weighted by molar-refractivity contribution is 7.99. The quantitative estimate of drug-likeness (QED) is 0.631. The maximum Gasteiger partial charge on any atom is 0.0506 e. The van der Waals surface area contributed by atoms with Crippen LogP contribution in [0.3, 0.4) is 0 Å². The number of hydrogen-bond acceptors (Lipinski definition) is 4. The molecule has 0 aliphatic rings. The number of hydrogen-bond donors (Lipinski definition) is 2. The average molecular weight is 242 g/mol. The maximum absolute atomic E-state index is 6.08. The van der Waals surface area contributed by atoms with Crippen molar-refractivity contribution in [1.29, 1.82) is 0 Å². The zero-order chi connectivity index (χ0) is 11.6. The molecule has 1 aromatic carbocycles. The summed E-state index contributed by atoms with van der Waals surface area (Å²) in [6.07, 6.45) is 5.09. The van der Waals surface area contributed by atoms with E-state index >= 15 is 0 Å². The molecule has 0 heterocycles. The third-order valence-electron chi connectivity index (χ3n) is 2.61. The van der Waals surface area contributed by atoms with Crippen LogP contribution in [0.5, 0.6) is 0 Å². The SMILES string of the molecule is CCc1c(SC)c(N)c(C)c(N)c1SC. The molecule has 0 atom stereocenters. The van der Waals surface area contributed by atoms with Crippen LogP contribution in [0.1, 0.15) is 18.1 Å². The first-order chi connectivity index (χ1) is 7.08. The Morgan fingerprint density at radius 2 is 1.40 bits per heavy atom. The van der Waals surface area contributed by atoms with Crippen molar-refractivity contribution in [2.24, 2.45) is 0 Å². The van der Waals surface area contributed by atoms with Crippen LogP contribution in [0.2, 0.25) is 0 Å². The number of nitrogens with two attached hydrogens (primary N) is 2. The molecule has 4 heteroatoms. The predicted octanol–water partition coefficient (Wildman–Crippen LogP) is 3.17. The first-order valence-electron chi connectivity index (χ1n) is 4.86. The molecule has 0 bridgehead atoms. The Morgan fingerprint density at radius 3 is 1.67 bits per heavy atom. The molecule has 0 aliphatic carbocycles. The van der Waals surface area contributed by atoms with Gasteiger partial charge in [-0.2, -0.15) is 0 Å². The molecule has 15 heavy (non-hydrogen) atoms. The van der Waals surface area contributed by atoms with E-state index < -0.39 is 0 Å². The molecule has 0 unspecified atom stereocenters. The lowest BCUT2D eigenvalue weighted by atomic mass is 10.1. The van der Waals surface area contributed by atoms with Crippen LogP contribution in [0.15, 0.2) is 9.79 Å². The van der Waals surface area contributed by atoms with Crippen molar-refractivity contribution in [3.63, 3.8) is 0 Å². The fraction of sp³-hybridized carbons (Fsp3) is 0.455. The van der Waals surface area contributed by atoms with Crippen LogP contribution in [0, 0.1) is 6.92 Å². The summed E-state index contributed by atoms with van der Waals surface area (Å²) in [5.41, 5.74) is 16.2. The molecule has 0 aliphatic heterocycles. The van der Waals surface area contributed by atoms with E-state index in [-0.39, 0.29) is 0 Å². The highest BCUT2D eigenvalue weighted by Gasteiger charge is 2.16. The number of anilines is 2. The molecule has 4 N–H and O–H groups in total. The van der Waals surface area contributed by atoms with Gasteiger partial charge in [-0.15, -0.1) is 23.5 Å². The monoisotopic (exact) mass is 242 g/mol. The summed E-state index contributed by atoms with van der Waals surface area (Å²) in [5, 5.41) is 0. The normalized spacial score (nSPS) is 10.7. The fourth-order valence-electron chi connectivity index (χ4n) is 1.70. The van der Waals surface area contributed by atoms with E-state index in [9.17, 15) is 0 Å². The number of benzene rings is 1. The molecule has 0 saturated carbocycles. The number of nitrogen functional groups attached to an aromatic ring is 2. The lowest BCUT2D eigenvalue weighted by Gasteiger charge is -2.18. The van der Waals surface area contributed by atoms with Crippen LogP contribution >= 0.6 is 23.5 Å². The minimum Gasteiger partial charge on any atom is -0.398 e. The third kappa shape index (κ3) is 2.06. The van der Waals surface area contributed by atoms with E-state index in [1.807, 2.05) is 6.92 Å². The van der Waals surface area contributed by atoms with E-state index in [2.05, 4.69) is 19.4 Å². The van der Waals surface area contributed by atoms with Crippen LogP contribution in [-0.4, -0.2) is 12.5 Å². The maximum atomic E-state index is 6.08. The van der Waals surface area contributed by atoms with Gasteiger partial charge in [-0.3, -0.25) is 0 Å². The second-order valence-electron chi connectivity index (χ2n) is 3.35. The van der Waals surface area contributed by atoms with Crippen LogP contribution in [-0.2, 0) is 6.42 Å². The highest BCUT2D eigenvalue weighted by atomic mass is 32.2. The molecule has 1 aromatic rings.